The number of hydrogen-bond donors (Lipinski definition) is 1. The monoisotopic (exact) mass is 222 g/mol. The van der Waals surface area contributed by atoms with E-state index in [2.05, 4.69) is 23.1 Å². The lowest BCUT2D eigenvalue weighted by Gasteiger charge is -2.28. The van der Waals surface area contributed by atoms with Gasteiger partial charge in [-0.15, -0.1) is 0 Å². The number of aromatic nitrogens is 2. The van der Waals surface area contributed by atoms with E-state index < -0.39 is 0 Å². The third kappa shape index (κ3) is 2.62. The molecule has 2 heterocycles. The third-order valence-electron chi connectivity index (χ3n) is 3.57. The second kappa shape index (κ2) is 4.97. The van der Waals surface area contributed by atoms with Gasteiger partial charge in [0.15, 0.2) is 0 Å². The van der Waals surface area contributed by atoms with Gasteiger partial charge in [-0.25, -0.2) is 0 Å². The number of likely N-dealkylation sites (tertiary alicyclic amines) is 1. The summed E-state index contributed by atoms with van der Waals surface area (Å²) in [6.07, 6.45) is 3.71. The average molecular weight is 222 g/mol. The molecule has 0 amide bonds. The molecule has 2 rings (SSSR count). The van der Waals surface area contributed by atoms with Gasteiger partial charge in [0.05, 0.1) is 11.4 Å². The first-order valence-electron chi connectivity index (χ1n) is 6.09. The molecule has 1 aliphatic heterocycles. The van der Waals surface area contributed by atoms with Gasteiger partial charge in [0.1, 0.15) is 0 Å². The average Bonchev–Trinajstić information content (AvgIpc) is 2.62. The first kappa shape index (κ1) is 11.6. The Hall–Kier alpha value is -0.870. The van der Waals surface area contributed by atoms with Crippen LogP contribution < -0.4 is 5.73 Å². The Kier molecular flexibility index (Phi) is 3.61. The molecule has 0 aliphatic carbocycles. The quantitative estimate of drug-likeness (QED) is 0.821. The number of aryl methyl sites for hydroxylation is 1. The third-order valence-corrected chi connectivity index (χ3v) is 3.57. The van der Waals surface area contributed by atoms with Crippen molar-refractivity contribution >= 4 is 0 Å². The number of nitrogens with zero attached hydrogens (tertiary/aromatic N) is 3. The summed E-state index contributed by atoms with van der Waals surface area (Å²) >= 11 is 0. The Bertz CT molecular complexity index is 337. The van der Waals surface area contributed by atoms with Crippen LogP contribution in [0.15, 0.2) is 6.07 Å². The fraction of sp³-hybridized carbons (Fsp3) is 0.750. The first-order chi connectivity index (χ1) is 7.69. The minimum atomic E-state index is 0.580. The minimum Gasteiger partial charge on any atom is -0.325 e. The number of nitrogens with two attached hydrogens (primary N) is 1. The van der Waals surface area contributed by atoms with Crippen LogP contribution in [0.3, 0.4) is 0 Å². The van der Waals surface area contributed by atoms with Crippen LogP contribution in [0.4, 0.5) is 0 Å². The summed E-state index contributed by atoms with van der Waals surface area (Å²) in [7, 11) is 4.17. The summed E-state index contributed by atoms with van der Waals surface area (Å²) in [6.45, 7) is 3.03. The molecular weight excluding hydrogens is 200 g/mol. The van der Waals surface area contributed by atoms with Crippen molar-refractivity contribution in [2.24, 2.45) is 18.7 Å². The molecule has 0 bridgehead atoms. The van der Waals surface area contributed by atoms with E-state index in [4.69, 9.17) is 5.73 Å². The molecule has 4 nitrogen and oxygen atoms in total. The predicted octanol–water partition coefficient (Wildman–Crippen LogP) is 0.763. The molecule has 1 aliphatic rings. The second-order valence-corrected chi connectivity index (χ2v) is 4.91. The van der Waals surface area contributed by atoms with Crippen molar-refractivity contribution in [3.63, 3.8) is 0 Å². The van der Waals surface area contributed by atoms with Crippen LogP contribution in [0.1, 0.15) is 24.2 Å². The molecular formula is C12H22N4. The van der Waals surface area contributed by atoms with E-state index >= 15 is 0 Å². The first-order valence-corrected chi connectivity index (χ1v) is 6.09. The molecule has 0 atom stereocenters. The molecule has 0 aromatic carbocycles. The van der Waals surface area contributed by atoms with Crippen LogP contribution in [-0.4, -0.2) is 34.8 Å². The van der Waals surface area contributed by atoms with Gasteiger partial charge in [-0.05, 0) is 51.4 Å². The Balaban J connectivity index is 1.93. The van der Waals surface area contributed by atoms with Gasteiger partial charge in [0, 0.05) is 13.6 Å². The van der Waals surface area contributed by atoms with Gasteiger partial charge in [0.2, 0.25) is 0 Å². The highest BCUT2D eigenvalue weighted by molar-refractivity contribution is 5.10. The smallest absolute Gasteiger partial charge is 0.0630 e. The fourth-order valence-electron chi connectivity index (χ4n) is 2.42. The molecule has 1 saturated heterocycles. The summed E-state index contributed by atoms with van der Waals surface area (Å²) in [4.78, 5) is 2.40. The molecule has 0 radical (unpaired) electrons. The number of piperidine rings is 1. The van der Waals surface area contributed by atoms with Crippen LogP contribution in [0.2, 0.25) is 0 Å². The van der Waals surface area contributed by atoms with E-state index in [9.17, 15) is 0 Å². The van der Waals surface area contributed by atoms with Crippen molar-refractivity contribution in [3.8, 4) is 0 Å². The van der Waals surface area contributed by atoms with Gasteiger partial charge in [0.25, 0.3) is 0 Å². The lowest BCUT2D eigenvalue weighted by Crippen LogP contribution is -2.31. The Morgan fingerprint density at radius 1 is 1.38 bits per heavy atom. The van der Waals surface area contributed by atoms with Crippen molar-refractivity contribution in [2.75, 3.05) is 20.1 Å². The van der Waals surface area contributed by atoms with Crippen molar-refractivity contribution in [2.45, 2.75) is 25.8 Å². The van der Waals surface area contributed by atoms with E-state index in [1.807, 2.05) is 11.7 Å². The zero-order valence-electron chi connectivity index (χ0n) is 10.3. The molecule has 0 unspecified atom stereocenters. The molecule has 0 spiro atoms. The fourth-order valence-corrected chi connectivity index (χ4v) is 2.42. The summed E-state index contributed by atoms with van der Waals surface area (Å²) in [5, 5.41) is 4.52. The number of hydrogen-bond acceptors (Lipinski definition) is 3. The molecule has 16 heavy (non-hydrogen) atoms. The van der Waals surface area contributed by atoms with Crippen molar-refractivity contribution < 1.29 is 0 Å². The molecule has 1 aromatic heterocycles. The molecule has 1 aromatic rings. The summed E-state index contributed by atoms with van der Waals surface area (Å²) < 4.78 is 1.91. The van der Waals surface area contributed by atoms with Crippen LogP contribution in [-0.2, 0) is 20.0 Å². The van der Waals surface area contributed by atoms with E-state index in [0.717, 1.165) is 18.0 Å². The lowest BCUT2D eigenvalue weighted by atomic mass is 9.92. The Labute approximate surface area is 97.4 Å². The van der Waals surface area contributed by atoms with E-state index in [-0.39, 0.29) is 0 Å². The molecule has 1 fully saturated rings. The van der Waals surface area contributed by atoms with E-state index in [1.54, 1.807) is 0 Å². The van der Waals surface area contributed by atoms with Gasteiger partial charge in [-0.2, -0.15) is 5.10 Å². The van der Waals surface area contributed by atoms with Crippen molar-refractivity contribution in [1.29, 1.82) is 0 Å². The largest absolute Gasteiger partial charge is 0.325 e. The Morgan fingerprint density at radius 2 is 2.06 bits per heavy atom. The minimum absolute atomic E-state index is 0.580. The maximum Gasteiger partial charge on any atom is 0.0630 e. The van der Waals surface area contributed by atoms with Gasteiger partial charge in [-0.1, -0.05) is 0 Å². The van der Waals surface area contributed by atoms with Crippen LogP contribution >= 0.6 is 0 Å². The molecule has 0 saturated carbocycles. The zero-order chi connectivity index (χ0) is 11.5. The SMILES string of the molecule is CN1CCC(Cc2cc(CN)n(C)n2)CC1. The number of rotatable bonds is 3. The Morgan fingerprint density at radius 3 is 2.62 bits per heavy atom. The summed E-state index contributed by atoms with van der Waals surface area (Å²) in [5.74, 6) is 0.803. The summed E-state index contributed by atoms with van der Waals surface area (Å²) in [6, 6.07) is 2.15. The standard InChI is InChI=1S/C12H22N4/c1-15-5-3-10(4-6-15)7-11-8-12(9-13)16(2)14-11/h8,10H,3-7,9,13H2,1-2H3. The lowest BCUT2D eigenvalue weighted by molar-refractivity contribution is 0.218. The van der Waals surface area contributed by atoms with Crippen LogP contribution in [0, 0.1) is 5.92 Å². The maximum absolute atomic E-state index is 5.65. The van der Waals surface area contributed by atoms with Gasteiger partial charge >= 0.3 is 0 Å². The predicted molar refractivity (Wildman–Crippen MR) is 65.0 cm³/mol. The zero-order valence-corrected chi connectivity index (χ0v) is 10.3. The molecule has 90 valence electrons. The van der Waals surface area contributed by atoms with Gasteiger partial charge in [-0.3, -0.25) is 4.68 Å². The normalized spacial score (nSPS) is 19.2. The summed E-state index contributed by atoms with van der Waals surface area (Å²) in [5.41, 5.74) is 7.98. The second-order valence-electron chi connectivity index (χ2n) is 4.91. The maximum atomic E-state index is 5.65. The van der Waals surface area contributed by atoms with E-state index in [1.165, 1.54) is 31.6 Å². The van der Waals surface area contributed by atoms with Crippen LogP contribution in [0.25, 0.3) is 0 Å². The molecule has 2 N–H and O–H groups in total. The molecule has 4 heteroatoms. The van der Waals surface area contributed by atoms with Gasteiger partial charge < -0.3 is 10.6 Å². The highest BCUT2D eigenvalue weighted by atomic mass is 15.3. The van der Waals surface area contributed by atoms with Crippen molar-refractivity contribution in [3.05, 3.63) is 17.5 Å². The highest BCUT2D eigenvalue weighted by Gasteiger charge is 2.18. The van der Waals surface area contributed by atoms with Crippen LogP contribution in [0.5, 0.6) is 0 Å². The van der Waals surface area contributed by atoms with E-state index in [0.29, 0.717) is 6.54 Å². The highest BCUT2D eigenvalue weighted by Crippen LogP contribution is 2.20. The topological polar surface area (TPSA) is 47.1 Å². The van der Waals surface area contributed by atoms with Crippen molar-refractivity contribution in [1.82, 2.24) is 14.7 Å².